The quantitative estimate of drug-likeness (QED) is 0.451. The Hall–Kier alpha value is -1.67. The molecule has 1 aliphatic rings. The van der Waals surface area contributed by atoms with Crippen LogP contribution in [0.25, 0.3) is 0 Å². The minimum absolute atomic E-state index is 0.0242. The molecule has 1 fully saturated rings. The number of carbonyl (C=O) groups is 3. The standard InChI is InChI=1S/C13H24N4O4/c1-9(16-11(19)7-15-2)5-6-21-12-4-3-10(13(14)20)17(12)8-18/h8-10,12,15H,3-7H2,1-2H3,(H2,14,20)(H,16,19). The number of nitrogens with two attached hydrogens (primary N) is 1. The second kappa shape index (κ2) is 8.58. The number of nitrogens with zero attached hydrogens (tertiary/aromatic N) is 1. The first-order valence-electron chi connectivity index (χ1n) is 7.07. The minimum atomic E-state index is -0.583. The molecular formula is C13H24N4O4. The average molecular weight is 300 g/mol. The van der Waals surface area contributed by atoms with Crippen LogP contribution in [0.1, 0.15) is 26.2 Å². The number of amides is 3. The lowest BCUT2D eigenvalue weighted by Crippen LogP contribution is -2.44. The molecule has 1 aliphatic heterocycles. The van der Waals surface area contributed by atoms with Crippen molar-refractivity contribution in [2.75, 3.05) is 20.2 Å². The molecule has 3 unspecified atom stereocenters. The molecule has 0 saturated carbocycles. The molecule has 1 saturated heterocycles. The molecule has 0 aromatic rings. The Kier molecular flexibility index (Phi) is 7.10. The summed E-state index contributed by atoms with van der Waals surface area (Å²) in [5.41, 5.74) is 5.24. The van der Waals surface area contributed by atoms with E-state index in [0.29, 0.717) is 32.3 Å². The molecule has 8 heteroatoms. The van der Waals surface area contributed by atoms with Gasteiger partial charge in [-0.1, -0.05) is 0 Å². The Morgan fingerprint density at radius 2 is 2.19 bits per heavy atom. The zero-order chi connectivity index (χ0) is 15.8. The minimum Gasteiger partial charge on any atom is -0.368 e. The van der Waals surface area contributed by atoms with Gasteiger partial charge in [0.15, 0.2) is 0 Å². The van der Waals surface area contributed by atoms with Crippen molar-refractivity contribution in [2.45, 2.75) is 44.5 Å². The normalized spacial score (nSPS) is 22.9. The molecule has 1 heterocycles. The summed E-state index contributed by atoms with van der Waals surface area (Å²) in [5.74, 6) is -0.588. The van der Waals surface area contributed by atoms with Crippen molar-refractivity contribution in [3.8, 4) is 0 Å². The summed E-state index contributed by atoms with van der Waals surface area (Å²) in [4.78, 5) is 34.9. The van der Waals surface area contributed by atoms with E-state index in [1.807, 2.05) is 6.92 Å². The maximum atomic E-state index is 11.4. The third-order valence-corrected chi connectivity index (χ3v) is 3.44. The van der Waals surface area contributed by atoms with Crippen LogP contribution < -0.4 is 16.4 Å². The van der Waals surface area contributed by atoms with Crippen LogP contribution >= 0.6 is 0 Å². The molecule has 0 aliphatic carbocycles. The SMILES string of the molecule is CNCC(=O)NC(C)CCOC1CCC(C(N)=O)N1C=O. The molecule has 8 nitrogen and oxygen atoms in total. The summed E-state index contributed by atoms with van der Waals surface area (Å²) in [6, 6.07) is -0.607. The third kappa shape index (κ3) is 5.31. The first-order chi connectivity index (χ1) is 9.99. The summed E-state index contributed by atoms with van der Waals surface area (Å²) >= 11 is 0. The highest BCUT2D eigenvalue weighted by Gasteiger charge is 2.36. The second-order valence-electron chi connectivity index (χ2n) is 5.16. The van der Waals surface area contributed by atoms with Gasteiger partial charge in [0.1, 0.15) is 12.3 Å². The smallest absolute Gasteiger partial charge is 0.240 e. The van der Waals surface area contributed by atoms with Gasteiger partial charge in [0.05, 0.1) is 13.2 Å². The van der Waals surface area contributed by atoms with Crippen LogP contribution in [-0.2, 0) is 19.1 Å². The molecule has 1 rings (SSSR count). The fraction of sp³-hybridized carbons (Fsp3) is 0.769. The van der Waals surface area contributed by atoms with E-state index in [-0.39, 0.29) is 18.5 Å². The van der Waals surface area contributed by atoms with Crippen LogP contribution in [0.2, 0.25) is 0 Å². The van der Waals surface area contributed by atoms with Crippen LogP contribution in [0.15, 0.2) is 0 Å². The molecule has 0 aromatic heterocycles. The van der Waals surface area contributed by atoms with Gasteiger partial charge in [0.25, 0.3) is 0 Å². The number of ether oxygens (including phenoxy) is 1. The van der Waals surface area contributed by atoms with Crippen LogP contribution in [0.5, 0.6) is 0 Å². The highest BCUT2D eigenvalue weighted by atomic mass is 16.5. The van der Waals surface area contributed by atoms with E-state index < -0.39 is 18.2 Å². The van der Waals surface area contributed by atoms with E-state index in [2.05, 4.69) is 10.6 Å². The van der Waals surface area contributed by atoms with Crippen molar-refractivity contribution >= 4 is 18.2 Å². The Balaban J connectivity index is 2.30. The van der Waals surface area contributed by atoms with Gasteiger partial charge in [-0.3, -0.25) is 14.4 Å². The molecule has 0 spiro atoms. The first kappa shape index (κ1) is 17.4. The number of carbonyl (C=O) groups excluding carboxylic acids is 3. The highest BCUT2D eigenvalue weighted by molar-refractivity contribution is 5.82. The van der Waals surface area contributed by atoms with Crippen LogP contribution in [0.3, 0.4) is 0 Å². The second-order valence-corrected chi connectivity index (χ2v) is 5.16. The fourth-order valence-corrected chi connectivity index (χ4v) is 2.34. The van der Waals surface area contributed by atoms with E-state index >= 15 is 0 Å². The van der Waals surface area contributed by atoms with Crippen molar-refractivity contribution in [1.82, 2.24) is 15.5 Å². The van der Waals surface area contributed by atoms with Gasteiger partial charge in [-0.15, -0.1) is 0 Å². The van der Waals surface area contributed by atoms with Gasteiger partial charge in [0.2, 0.25) is 18.2 Å². The third-order valence-electron chi connectivity index (χ3n) is 3.44. The van der Waals surface area contributed by atoms with Gasteiger partial charge < -0.3 is 26.0 Å². The number of hydrogen-bond acceptors (Lipinski definition) is 5. The lowest BCUT2D eigenvalue weighted by molar-refractivity contribution is -0.139. The number of primary amides is 1. The van der Waals surface area contributed by atoms with Crippen molar-refractivity contribution in [3.63, 3.8) is 0 Å². The van der Waals surface area contributed by atoms with E-state index in [1.165, 1.54) is 4.90 Å². The molecule has 0 aromatic carbocycles. The van der Waals surface area contributed by atoms with E-state index in [0.717, 1.165) is 0 Å². The van der Waals surface area contributed by atoms with Crippen molar-refractivity contribution < 1.29 is 19.1 Å². The topological polar surface area (TPSA) is 114 Å². The Labute approximate surface area is 124 Å². The van der Waals surface area contributed by atoms with E-state index in [9.17, 15) is 14.4 Å². The predicted molar refractivity (Wildman–Crippen MR) is 76.0 cm³/mol. The predicted octanol–water partition coefficient (Wildman–Crippen LogP) is -1.45. The molecule has 0 radical (unpaired) electrons. The Bertz CT molecular complexity index is 377. The Morgan fingerprint density at radius 3 is 2.76 bits per heavy atom. The van der Waals surface area contributed by atoms with Crippen LogP contribution in [0.4, 0.5) is 0 Å². The molecule has 3 atom stereocenters. The largest absolute Gasteiger partial charge is 0.368 e. The van der Waals surface area contributed by atoms with E-state index in [4.69, 9.17) is 10.5 Å². The molecule has 3 amide bonds. The number of nitrogens with one attached hydrogen (secondary N) is 2. The summed E-state index contributed by atoms with van der Waals surface area (Å²) < 4.78 is 5.62. The zero-order valence-corrected chi connectivity index (χ0v) is 12.5. The summed E-state index contributed by atoms with van der Waals surface area (Å²) in [5, 5.41) is 5.59. The monoisotopic (exact) mass is 300 g/mol. The van der Waals surface area contributed by atoms with Gasteiger partial charge in [0, 0.05) is 6.04 Å². The summed E-state index contributed by atoms with van der Waals surface area (Å²) in [6.07, 6.45) is 1.92. The lowest BCUT2D eigenvalue weighted by atomic mass is 10.2. The molecule has 0 bridgehead atoms. The lowest BCUT2D eigenvalue weighted by Gasteiger charge is -2.25. The maximum Gasteiger partial charge on any atom is 0.240 e. The average Bonchev–Trinajstić information content (AvgIpc) is 2.82. The van der Waals surface area contributed by atoms with Gasteiger partial charge >= 0.3 is 0 Å². The molecular weight excluding hydrogens is 276 g/mol. The fourth-order valence-electron chi connectivity index (χ4n) is 2.34. The number of likely N-dealkylation sites (N-methyl/N-ethyl adjacent to an activating group) is 1. The first-order valence-corrected chi connectivity index (χ1v) is 7.07. The van der Waals surface area contributed by atoms with Gasteiger partial charge in [-0.2, -0.15) is 0 Å². The maximum absolute atomic E-state index is 11.4. The molecule has 21 heavy (non-hydrogen) atoms. The number of hydrogen-bond donors (Lipinski definition) is 3. The van der Waals surface area contributed by atoms with Gasteiger partial charge in [-0.25, -0.2) is 0 Å². The highest BCUT2D eigenvalue weighted by Crippen LogP contribution is 2.23. The Morgan fingerprint density at radius 1 is 1.48 bits per heavy atom. The van der Waals surface area contributed by atoms with Gasteiger partial charge in [-0.05, 0) is 33.2 Å². The molecule has 4 N–H and O–H groups in total. The van der Waals surface area contributed by atoms with Crippen LogP contribution in [0, 0.1) is 0 Å². The summed E-state index contributed by atoms with van der Waals surface area (Å²) in [6.45, 7) is 2.55. The van der Waals surface area contributed by atoms with Crippen molar-refractivity contribution in [2.24, 2.45) is 5.73 Å². The van der Waals surface area contributed by atoms with Crippen molar-refractivity contribution in [1.29, 1.82) is 0 Å². The number of likely N-dealkylation sites (tertiary alicyclic amines) is 1. The zero-order valence-electron chi connectivity index (χ0n) is 12.5. The van der Waals surface area contributed by atoms with Crippen LogP contribution in [-0.4, -0.2) is 61.6 Å². The van der Waals surface area contributed by atoms with E-state index in [1.54, 1.807) is 7.05 Å². The number of rotatable bonds is 9. The summed E-state index contributed by atoms with van der Waals surface area (Å²) in [7, 11) is 1.70. The van der Waals surface area contributed by atoms with Crippen molar-refractivity contribution in [3.05, 3.63) is 0 Å². The molecule has 120 valence electrons.